The molecule has 0 saturated carbocycles. The summed E-state index contributed by atoms with van der Waals surface area (Å²) in [5.74, 6) is 1.38. The topological polar surface area (TPSA) is 95.8 Å². The normalized spacial score (nSPS) is 19.4. The maximum absolute atomic E-state index is 12.9. The minimum Gasteiger partial charge on any atom is -0.361 e. The number of hydrogen-bond acceptors (Lipinski definition) is 6. The minimum atomic E-state index is -0.448. The molecular formula is C20H30N4O4S. The molecule has 2 fully saturated rings. The first-order valence-electron chi connectivity index (χ1n) is 10.1. The molecular weight excluding hydrogens is 392 g/mol. The summed E-state index contributed by atoms with van der Waals surface area (Å²) >= 11 is 1.67. The Morgan fingerprint density at radius 3 is 2.45 bits per heavy atom. The number of amides is 3. The smallest absolute Gasteiger partial charge is 0.259 e. The van der Waals surface area contributed by atoms with Crippen molar-refractivity contribution in [3.05, 3.63) is 17.0 Å². The third kappa shape index (κ3) is 4.60. The lowest BCUT2D eigenvalue weighted by Crippen LogP contribution is -2.48. The highest BCUT2D eigenvalue weighted by Crippen LogP contribution is 2.41. The Labute approximate surface area is 175 Å². The van der Waals surface area contributed by atoms with Crippen LogP contribution in [0.25, 0.3) is 0 Å². The van der Waals surface area contributed by atoms with Gasteiger partial charge in [0.2, 0.25) is 12.3 Å². The van der Waals surface area contributed by atoms with Crippen LogP contribution in [0.4, 0.5) is 0 Å². The van der Waals surface area contributed by atoms with Crippen LogP contribution >= 0.6 is 11.8 Å². The number of likely N-dealkylation sites (tertiary alicyclic amines) is 2. The van der Waals surface area contributed by atoms with Crippen LogP contribution in [-0.4, -0.2) is 77.4 Å². The molecule has 0 aromatic carbocycles. The Balaban J connectivity index is 1.58. The summed E-state index contributed by atoms with van der Waals surface area (Å²) in [4.78, 5) is 40.4. The van der Waals surface area contributed by atoms with Crippen molar-refractivity contribution in [2.75, 3.05) is 38.2 Å². The molecule has 9 heteroatoms. The van der Waals surface area contributed by atoms with Gasteiger partial charge in [0.05, 0.1) is 5.69 Å². The quantitative estimate of drug-likeness (QED) is 0.671. The third-order valence-electron chi connectivity index (χ3n) is 6.29. The van der Waals surface area contributed by atoms with E-state index in [-0.39, 0.29) is 17.2 Å². The highest BCUT2D eigenvalue weighted by Gasteiger charge is 2.44. The van der Waals surface area contributed by atoms with Gasteiger partial charge < -0.3 is 19.6 Å². The van der Waals surface area contributed by atoms with Crippen LogP contribution in [0.2, 0.25) is 0 Å². The second kappa shape index (κ2) is 9.19. The van der Waals surface area contributed by atoms with Crippen molar-refractivity contribution < 1.29 is 18.9 Å². The lowest BCUT2D eigenvalue weighted by Gasteiger charge is -2.39. The molecule has 1 atom stereocenters. The molecule has 1 aromatic heterocycles. The Bertz CT molecular complexity index is 738. The summed E-state index contributed by atoms with van der Waals surface area (Å²) in [6.07, 6.45) is 5.95. The monoisotopic (exact) mass is 422 g/mol. The van der Waals surface area contributed by atoms with Crippen LogP contribution in [0.3, 0.4) is 0 Å². The van der Waals surface area contributed by atoms with E-state index in [9.17, 15) is 14.4 Å². The third-order valence-corrected chi connectivity index (χ3v) is 6.93. The highest BCUT2D eigenvalue weighted by molar-refractivity contribution is 7.98. The summed E-state index contributed by atoms with van der Waals surface area (Å²) in [5, 5.41) is 6.57. The van der Waals surface area contributed by atoms with Gasteiger partial charge in [-0.05, 0) is 57.0 Å². The number of nitrogens with one attached hydrogen (secondary N) is 1. The van der Waals surface area contributed by atoms with Gasteiger partial charge in [-0.1, -0.05) is 5.16 Å². The van der Waals surface area contributed by atoms with E-state index in [1.165, 1.54) is 0 Å². The molecule has 3 heterocycles. The van der Waals surface area contributed by atoms with Crippen LogP contribution in [0, 0.1) is 19.3 Å². The second-order valence-corrected chi connectivity index (χ2v) is 9.11. The van der Waals surface area contributed by atoms with Crippen LogP contribution in [0.1, 0.15) is 47.5 Å². The van der Waals surface area contributed by atoms with Gasteiger partial charge in [0.1, 0.15) is 17.4 Å². The van der Waals surface area contributed by atoms with E-state index in [1.54, 1.807) is 25.6 Å². The molecule has 2 saturated heterocycles. The zero-order chi connectivity index (χ0) is 21.0. The first kappa shape index (κ1) is 21.7. The van der Waals surface area contributed by atoms with Crippen molar-refractivity contribution in [2.45, 2.75) is 45.6 Å². The van der Waals surface area contributed by atoms with Gasteiger partial charge in [0.25, 0.3) is 5.91 Å². The first-order valence-corrected chi connectivity index (χ1v) is 11.5. The van der Waals surface area contributed by atoms with Crippen molar-refractivity contribution >= 4 is 30.0 Å². The molecule has 1 spiro atoms. The van der Waals surface area contributed by atoms with E-state index in [0.29, 0.717) is 56.0 Å². The number of carbonyl (C=O) groups is 3. The Hall–Kier alpha value is -2.03. The van der Waals surface area contributed by atoms with E-state index in [0.717, 1.165) is 25.0 Å². The number of aromatic nitrogens is 1. The number of carbonyl (C=O) groups excluding carboxylic acids is 3. The zero-order valence-corrected chi connectivity index (χ0v) is 18.2. The molecule has 1 aromatic rings. The minimum absolute atomic E-state index is 0.0113. The molecule has 0 bridgehead atoms. The maximum atomic E-state index is 12.9. The zero-order valence-electron chi connectivity index (χ0n) is 17.4. The lowest BCUT2D eigenvalue weighted by molar-refractivity contribution is -0.134. The standard InChI is InChI=1S/C20H30N4O4S/c1-14-17(15(2)28-22-14)19(27)23-8-5-20(6-9-23)7-10-24(12-20)18(26)16(21-13-25)4-11-29-3/h13,16H,4-12H2,1-3H3,(H,21,25). The Morgan fingerprint density at radius 2 is 1.90 bits per heavy atom. The van der Waals surface area contributed by atoms with Crippen molar-refractivity contribution in [1.82, 2.24) is 20.3 Å². The molecule has 3 rings (SSSR count). The number of rotatable bonds is 7. The largest absolute Gasteiger partial charge is 0.361 e. The number of nitrogens with zero attached hydrogens (tertiary/aromatic N) is 3. The molecule has 0 radical (unpaired) electrons. The Morgan fingerprint density at radius 1 is 1.24 bits per heavy atom. The Kier molecular flexibility index (Phi) is 6.87. The molecule has 2 aliphatic rings. The van der Waals surface area contributed by atoms with Gasteiger partial charge >= 0.3 is 0 Å². The summed E-state index contributed by atoms with van der Waals surface area (Å²) in [6.45, 7) is 6.32. The van der Waals surface area contributed by atoms with Crippen molar-refractivity contribution in [2.24, 2.45) is 5.41 Å². The molecule has 3 amide bonds. The fourth-order valence-corrected chi connectivity index (χ4v) is 4.95. The van der Waals surface area contributed by atoms with Gasteiger partial charge in [0, 0.05) is 26.2 Å². The van der Waals surface area contributed by atoms with Crippen molar-refractivity contribution in [3.63, 3.8) is 0 Å². The van der Waals surface area contributed by atoms with Crippen LogP contribution in [0.5, 0.6) is 0 Å². The predicted octanol–water partition coefficient (Wildman–Crippen LogP) is 1.61. The van der Waals surface area contributed by atoms with Gasteiger partial charge in [-0.15, -0.1) is 0 Å². The SMILES string of the molecule is CSCCC(NC=O)C(=O)N1CCC2(CCN(C(=O)c3c(C)noc3C)CC2)C1. The van der Waals surface area contributed by atoms with E-state index in [1.807, 2.05) is 16.1 Å². The van der Waals surface area contributed by atoms with Crippen LogP contribution in [-0.2, 0) is 9.59 Å². The first-order chi connectivity index (χ1) is 13.9. The summed E-state index contributed by atoms with van der Waals surface area (Å²) < 4.78 is 5.14. The fourth-order valence-electron chi connectivity index (χ4n) is 4.48. The average molecular weight is 423 g/mol. The van der Waals surface area contributed by atoms with Crippen molar-refractivity contribution in [1.29, 1.82) is 0 Å². The number of thioether (sulfide) groups is 1. The van der Waals surface area contributed by atoms with Gasteiger partial charge in [-0.2, -0.15) is 11.8 Å². The molecule has 160 valence electrons. The number of piperidine rings is 1. The average Bonchev–Trinajstić information content (AvgIpc) is 3.28. The fraction of sp³-hybridized carbons (Fsp3) is 0.700. The maximum Gasteiger partial charge on any atom is 0.259 e. The molecule has 0 aliphatic carbocycles. The molecule has 8 nitrogen and oxygen atoms in total. The van der Waals surface area contributed by atoms with Crippen molar-refractivity contribution in [3.8, 4) is 0 Å². The summed E-state index contributed by atoms with van der Waals surface area (Å²) in [6, 6.07) is -0.448. The molecule has 29 heavy (non-hydrogen) atoms. The highest BCUT2D eigenvalue weighted by atomic mass is 32.2. The summed E-state index contributed by atoms with van der Waals surface area (Å²) in [5.41, 5.74) is 1.27. The van der Waals surface area contributed by atoms with E-state index in [2.05, 4.69) is 10.5 Å². The van der Waals surface area contributed by atoms with Gasteiger partial charge in [-0.3, -0.25) is 14.4 Å². The molecule has 2 aliphatic heterocycles. The molecule has 1 N–H and O–H groups in total. The second-order valence-electron chi connectivity index (χ2n) is 8.12. The van der Waals surface area contributed by atoms with Crippen LogP contribution in [0.15, 0.2) is 4.52 Å². The van der Waals surface area contributed by atoms with Gasteiger partial charge in [-0.25, -0.2) is 0 Å². The van der Waals surface area contributed by atoms with E-state index >= 15 is 0 Å². The number of hydrogen-bond donors (Lipinski definition) is 1. The lowest BCUT2D eigenvalue weighted by atomic mass is 9.77. The van der Waals surface area contributed by atoms with Crippen LogP contribution < -0.4 is 5.32 Å². The number of aryl methyl sites for hydroxylation is 2. The molecule has 1 unspecified atom stereocenters. The van der Waals surface area contributed by atoms with Gasteiger partial charge in [0.15, 0.2) is 0 Å². The van der Waals surface area contributed by atoms with E-state index < -0.39 is 6.04 Å². The summed E-state index contributed by atoms with van der Waals surface area (Å²) in [7, 11) is 0. The van der Waals surface area contributed by atoms with E-state index in [4.69, 9.17) is 4.52 Å². The predicted molar refractivity (Wildman–Crippen MR) is 111 cm³/mol.